The van der Waals surface area contributed by atoms with Gasteiger partial charge in [-0.05, 0) is 44.0 Å². The maximum Gasteiger partial charge on any atom is 0.305 e. The zero-order valence-electron chi connectivity index (χ0n) is 14.4. The molecule has 128 valence electrons. The van der Waals surface area contributed by atoms with Crippen molar-refractivity contribution in [3.05, 3.63) is 71.8 Å². The van der Waals surface area contributed by atoms with E-state index in [1.54, 1.807) is 0 Å². The van der Waals surface area contributed by atoms with Gasteiger partial charge in [0.25, 0.3) is 0 Å². The molecule has 0 unspecified atom stereocenters. The molecule has 0 spiro atoms. The van der Waals surface area contributed by atoms with Crippen molar-refractivity contribution in [3.8, 4) is 0 Å². The molecule has 3 nitrogen and oxygen atoms in total. The van der Waals surface area contributed by atoms with E-state index in [4.69, 9.17) is 4.74 Å². The Morgan fingerprint density at radius 2 is 1.54 bits per heavy atom. The summed E-state index contributed by atoms with van der Waals surface area (Å²) in [5.41, 5.74) is 2.69. The second-order valence-corrected chi connectivity index (χ2v) is 5.82. The van der Waals surface area contributed by atoms with Crippen molar-refractivity contribution in [2.24, 2.45) is 0 Å². The van der Waals surface area contributed by atoms with Gasteiger partial charge in [0.2, 0.25) is 0 Å². The molecule has 3 heteroatoms. The Labute approximate surface area is 145 Å². The van der Waals surface area contributed by atoms with Gasteiger partial charge in [-0.25, -0.2) is 0 Å². The predicted octanol–water partition coefficient (Wildman–Crippen LogP) is 4.14. The van der Waals surface area contributed by atoms with Crippen LogP contribution in [0.15, 0.2) is 60.7 Å². The number of carbonyl (C=O) groups is 1. The van der Waals surface area contributed by atoms with E-state index in [1.165, 1.54) is 11.1 Å². The summed E-state index contributed by atoms with van der Waals surface area (Å²) in [6, 6.07) is 21.3. The van der Waals surface area contributed by atoms with Gasteiger partial charge in [-0.1, -0.05) is 60.7 Å². The van der Waals surface area contributed by atoms with Crippen LogP contribution in [0.2, 0.25) is 0 Å². The average molecular weight is 325 g/mol. The number of esters is 1. The third kappa shape index (κ3) is 6.17. The molecule has 0 aliphatic carbocycles. The van der Waals surface area contributed by atoms with Gasteiger partial charge >= 0.3 is 5.97 Å². The molecule has 2 rings (SSSR count). The fourth-order valence-corrected chi connectivity index (χ4v) is 2.86. The van der Waals surface area contributed by atoms with Gasteiger partial charge in [-0.2, -0.15) is 0 Å². The minimum atomic E-state index is -0.106. The highest BCUT2D eigenvalue weighted by atomic mass is 16.5. The van der Waals surface area contributed by atoms with Crippen LogP contribution in [0.3, 0.4) is 0 Å². The Bertz CT molecular complexity index is 544. The van der Waals surface area contributed by atoms with E-state index in [0.717, 1.165) is 25.9 Å². The first-order valence-electron chi connectivity index (χ1n) is 8.77. The maximum atomic E-state index is 11.3. The van der Waals surface area contributed by atoms with Crippen molar-refractivity contribution in [2.75, 3.05) is 19.7 Å². The number of carbonyl (C=O) groups excluding carboxylic acids is 1. The monoisotopic (exact) mass is 325 g/mol. The summed E-state index contributed by atoms with van der Waals surface area (Å²) in [5, 5.41) is 3.45. The summed E-state index contributed by atoms with van der Waals surface area (Å²) < 4.78 is 4.94. The lowest BCUT2D eigenvalue weighted by atomic mass is 9.88. The van der Waals surface area contributed by atoms with Crippen LogP contribution in [0, 0.1) is 0 Å². The fraction of sp³-hybridized carbons (Fsp3) is 0.381. The molecule has 0 bridgehead atoms. The highest BCUT2D eigenvalue weighted by Crippen LogP contribution is 2.27. The van der Waals surface area contributed by atoms with Crippen LogP contribution in [0.4, 0.5) is 0 Å². The number of rotatable bonds is 10. The largest absolute Gasteiger partial charge is 0.466 e. The zero-order valence-corrected chi connectivity index (χ0v) is 14.4. The lowest BCUT2D eigenvalue weighted by molar-refractivity contribution is -0.143. The predicted molar refractivity (Wildman–Crippen MR) is 98.1 cm³/mol. The second kappa shape index (κ2) is 10.6. The molecule has 2 aromatic carbocycles. The van der Waals surface area contributed by atoms with Gasteiger partial charge in [-0.3, -0.25) is 4.79 Å². The van der Waals surface area contributed by atoms with Crippen LogP contribution in [0.1, 0.15) is 43.2 Å². The number of hydrogen-bond donors (Lipinski definition) is 1. The molecule has 0 fully saturated rings. The summed E-state index contributed by atoms with van der Waals surface area (Å²) in [6.07, 6.45) is 2.34. The molecule has 24 heavy (non-hydrogen) atoms. The summed E-state index contributed by atoms with van der Waals surface area (Å²) in [7, 11) is 0. The van der Waals surface area contributed by atoms with E-state index in [1.807, 2.05) is 6.92 Å². The lowest BCUT2D eigenvalue weighted by Crippen LogP contribution is -2.20. The second-order valence-electron chi connectivity index (χ2n) is 5.82. The highest BCUT2D eigenvalue weighted by Gasteiger charge is 2.13. The highest BCUT2D eigenvalue weighted by molar-refractivity contribution is 5.69. The first-order valence-corrected chi connectivity index (χ1v) is 8.77. The van der Waals surface area contributed by atoms with Crippen molar-refractivity contribution in [2.45, 2.75) is 32.1 Å². The smallest absolute Gasteiger partial charge is 0.305 e. The molecular formula is C21H27NO2. The molecule has 0 aromatic heterocycles. The summed E-state index contributed by atoms with van der Waals surface area (Å²) in [5.74, 6) is 0.288. The van der Waals surface area contributed by atoms with Gasteiger partial charge in [0.05, 0.1) is 6.61 Å². The van der Waals surface area contributed by atoms with Crippen LogP contribution in [0.25, 0.3) is 0 Å². The van der Waals surface area contributed by atoms with E-state index < -0.39 is 0 Å². The number of nitrogens with one attached hydrogen (secondary N) is 1. The molecule has 2 aromatic rings. The molecule has 1 N–H and O–H groups in total. The van der Waals surface area contributed by atoms with Crippen molar-refractivity contribution < 1.29 is 9.53 Å². The fourth-order valence-electron chi connectivity index (χ4n) is 2.86. The Hall–Kier alpha value is -2.13. The quantitative estimate of drug-likeness (QED) is 0.527. The molecular weight excluding hydrogens is 298 g/mol. The summed E-state index contributed by atoms with van der Waals surface area (Å²) in [4.78, 5) is 11.3. The van der Waals surface area contributed by atoms with Gasteiger partial charge in [0, 0.05) is 12.3 Å². The first kappa shape index (κ1) is 18.2. The maximum absolute atomic E-state index is 11.3. The first-order chi connectivity index (χ1) is 11.8. The van der Waals surface area contributed by atoms with Crippen LogP contribution in [-0.4, -0.2) is 25.7 Å². The third-order valence-corrected chi connectivity index (χ3v) is 4.05. The Morgan fingerprint density at radius 3 is 2.08 bits per heavy atom. The van der Waals surface area contributed by atoms with Crippen molar-refractivity contribution in [3.63, 3.8) is 0 Å². The van der Waals surface area contributed by atoms with Gasteiger partial charge in [-0.15, -0.1) is 0 Å². The SMILES string of the molecule is CCOC(=O)CCCNCCC(c1ccccc1)c1ccccc1. The summed E-state index contributed by atoms with van der Waals surface area (Å²) >= 11 is 0. The van der Waals surface area contributed by atoms with Crippen LogP contribution < -0.4 is 5.32 Å². The molecule has 0 aliphatic heterocycles. The van der Waals surface area contributed by atoms with Crippen LogP contribution >= 0.6 is 0 Å². The third-order valence-electron chi connectivity index (χ3n) is 4.05. The van der Waals surface area contributed by atoms with Gasteiger partial charge in [0.15, 0.2) is 0 Å². The average Bonchev–Trinajstić information content (AvgIpc) is 2.63. The van der Waals surface area contributed by atoms with Crippen molar-refractivity contribution in [1.29, 1.82) is 0 Å². The topological polar surface area (TPSA) is 38.3 Å². The Morgan fingerprint density at radius 1 is 0.958 bits per heavy atom. The molecule has 0 amide bonds. The van der Waals surface area contributed by atoms with Crippen molar-refractivity contribution in [1.82, 2.24) is 5.32 Å². The Balaban J connectivity index is 1.81. The van der Waals surface area contributed by atoms with Gasteiger partial charge in [0.1, 0.15) is 0 Å². The molecule has 0 saturated carbocycles. The molecule has 0 atom stereocenters. The standard InChI is InChI=1S/C21H27NO2/c1-2-24-21(23)14-9-16-22-17-15-20(18-10-5-3-6-11-18)19-12-7-4-8-13-19/h3-8,10-13,20,22H,2,9,14-17H2,1H3. The van der Waals surface area contributed by atoms with E-state index in [2.05, 4.69) is 66.0 Å². The minimum absolute atomic E-state index is 0.106. The van der Waals surface area contributed by atoms with E-state index in [-0.39, 0.29) is 5.97 Å². The summed E-state index contributed by atoms with van der Waals surface area (Å²) in [6.45, 7) is 4.07. The number of ether oxygens (including phenoxy) is 1. The number of hydrogen-bond acceptors (Lipinski definition) is 3. The minimum Gasteiger partial charge on any atom is -0.466 e. The van der Waals surface area contributed by atoms with Gasteiger partial charge < -0.3 is 10.1 Å². The normalized spacial score (nSPS) is 10.8. The van der Waals surface area contributed by atoms with E-state index in [9.17, 15) is 4.79 Å². The van der Waals surface area contributed by atoms with E-state index >= 15 is 0 Å². The number of benzene rings is 2. The van der Waals surface area contributed by atoms with Crippen LogP contribution in [-0.2, 0) is 9.53 Å². The molecule has 0 heterocycles. The zero-order chi connectivity index (χ0) is 17.0. The van der Waals surface area contributed by atoms with E-state index in [0.29, 0.717) is 18.9 Å². The van der Waals surface area contributed by atoms with Crippen LogP contribution in [0.5, 0.6) is 0 Å². The van der Waals surface area contributed by atoms with Crippen molar-refractivity contribution >= 4 is 5.97 Å². The Kier molecular flexibility index (Phi) is 8.05. The molecule has 0 saturated heterocycles. The molecule has 0 radical (unpaired) electrons. The molecule has 0 aliphatic rings. The lowest BCUT2D eigenvalue weighted by Gasteiger charge is -2.18.